The molecule has 0 aliphatic carbocycles. The number of amides is 1. The number of aromatic hydroxyl groups is 2. The molecule has 0 aromatic heterocycles. The Kier molecular flexibility index (Phi) is 5.39. The van der Waals surface area contributed by atoms with Crippen molar-refractivity contribution in [3.05, 3.63) is 23.8 Å². The van der Waals surface area contributed by atoms with Gasteiger partial charge in [-0.3, -0.25) is 4.79 Å². The molecule has 0 saturated heterocycles. The molecule has 0 bridgehead atoms. The van der Waals surface area contributed by atoms with Crippen molar-refractivity contribution in [1.82, 2.24) is 5.32 Å². The number of hydrogen-bond acceptors (Lipinski definition) is 4. The summed E-state index contributed by atoms with van der Waals surface area (Å²) in [6, 6.07) is 3.76. The lowest BCUT2D eigenvalue weighted by atomic mass is 9.90. The summed E-state index contributed by atoms with van der Waals surface area (Å²) in [7, 11) is 0. The minimum absolute atomic E-state index is 0.0478. The van der Waals surface area contributed by atoms with Gasteiger partial charge in [0.1, 0.15) is 0 Å². The summed E-state index contributed by atoms with van der Waals surface area (Å²) in [6.45, 7) is 6.82. The van der Waals surface area contributed by atoms with Crippen LogP contribution in [-0.2, 0) is 11.2 Å². The first-order valence-corrected chi connectivity index (χ1v) is 6.79. The standard InChI is InChI=1S/C15H24N2O3/c1-4-15(2,3)9-17-14(20)11(16)7-10-5-6-12(18)13(19)8-10/h5-6,8,11,18-19H,4,7,9,16H2,1-3H3,(H,17,20)/t11-/m0/s1. The van der Waals surface area contributed by atoms with Crippen molar-refractivity contribution in [2.75, 3.05) is 6.54 Å². The summed E-state index contributed by atoms with van der Waals surface area (Å²) in [4.78, 5) is 11.9. The molecule has 0 unspecified atom stereocenters. The maximum Gasteiger partial charge on any atom is 0.237 e. The predicted molar refractivity (Wildman–Crippen MR) is 78.5 cm³/mol. The van der Waals surface area contributed by atoms with Gasteiger partial charge in [0.05, 0.1) is 6.04 Å². The van der Waals surface area contributed by atoms with Crippen LogP contribution in [0.1, 0.15) is 32.8 Å². The van der Waals surface area contributed by atoms with Crippen molar-refractivity contribution < 1.29 is 15.0 Å². The third-order valence-corrected chi connectivity index (χ3v) is 3.53. The Morgan fingerprint density at radius 2 is 2.00 bits per heavy atom. The van der Waals surface area contributed by atoms with Gasteiger partial charge in [0.2, 0.25) is 5.91 Å². The summed E-state index contributed by atoms with van der Waals surface area (Å²) in [5.41, 5.74) is 6.61. The normalized spacial score (nSPS) is 13.0. The molecule has 1 atom stereocenters. The van der Waals surface area contributed by atoms with Crippen LogP contribution in [0.25, 0.3) is 0 Å². The summed E-state index contributed by atoms with van der Waals surface area (Å²) >= 11 is 0. The zero-order valence-electron chi connectivity index (χ0n) is 12.3. The van der Waals surface area contributed by atoms with Crippen molar-refractivity contribution in [3.8, 4) is 11.5 Å². The van der Waals surface area contributed by atoms with Gasteiger partial charge in [-0.15, -0.1) is 0 Å². The van der Waals surface area contributed by atoms with Gasteiger partial charge in [0, 0.05) is 6.54 Å². The molecule has 0 spiro atoms. The molecule has 5 heteroatoms. The molecule has 0 fully saturated rings. The van der Waals surface area contributed by atoms with E-state index in [-0.39, 0.29) is 22.8 Å². The van der Waals surface area contributed by atoms with Gasteiger partial charge in [0.25, 0.3) is 0 Å². The quantitative estimate of drug-likeness (QED) is 0.594. The Morgan fingerprint density at radius 3 is 2.55 bits per heavy atom. The lowest BCUT2D eigenvalue weighted by Crippen LogP contribution is -2.45. The van der Waals surface area contributed by atoms with E-state index in [0.717, 1.165) is 6.42 Å². The molecule has 0 saturated carbocycles. The molecule has 0 heterocycles. The van der Waals surface area contributed by atoms with Crippen LogP contribution in [0.5, 0.6) is 11.5 Å². The topological polar surface area (TPSA) is 95.6 Å². The van der Waals surface area contributed by atoms with Crippen LogP contribution in [0, 0.1) is 5.41 Å². The first-order chi connectivity index (χ1) is 9.25. The molecule has 1 amide bonds. The lowest BCUT2D eigenvalue weighted by Gasteiger charge is -2.24. The van der Waals surface area contributed by atoms with E-state index in [1.54, 1.807) is 6.07 Å². The molecule has 5 nitrogen and oxygen atoms in total. The second-order valence-corrected chi connectivity index (χ2v) is 5.87. The molecule has 112 valence electrons. The maximum atomic E-state index is 11.9. The summed E-state index contributed by atoms with van der Waals surface area (Å²) in [5.74, 6) is -0.599. The fourth-order valence-electron chi connectivity index (χ4n) is 1.63. The SMILES string of the molecule is CCC(C)(C)CNC(=O)[C@@H](N)Cc1ccc(O)c(O)c1. The summed E-state index contributed by atoms with van der Waals surface area (Å²) in [5, 5.41) is 21.5. The molecular formula is C15H24N2O3. The highest BCUT2D eigenvalue weighted by atomic mass is 16.3. The third kappa shape index (κ3) is 4.74. The smallest absolute Gasteiger partial charge is 0.237 e. The van der Waals surface area contributed by atoms with Gasteiger partial charge in [-0.2, -0.15) is 0 Å². The first kappa shape index (κ1) is 16.3. The number of nitrogens with two attached hydrogens (primary N) is 1. The molecule has 1 rings (SSSR count). The molecule has 5 N–H and O–H groups in total. The van der Waals surface area contributed by atoms with E-state index in [9.17, 15) is 15.0 Å². The molecule has 0 radical (unpaired) electrons. The number of carbonyl (C=O) groups is 1. The highest BCUT2D eigenvalue weighted by Crippen LogP contribution is 2.25. The number of nitrogens with one attached hydrogen (secondary N) is 1. The van der Waals surface area contributed by atoms with Crippen LogP contribution in [0.15, 0.2) is 18.2 Å². The van der Waals surface area contributed by atoms with E-state index in [4.69, 9.17) is 5.73 Å². The zero-order chi connectivity index (χ0) is 15.3. The maximum absolute atomic E-state index is 11.9. The van der Waals surface area contributed by atoms with E-state index in [0.29, 0.717) is 18.5 Å². The zero-order valence-corrected chi connectivity index (χ0v) is 12.3. The Balaban J connectivity index is 2.55. The number of hydrogen-bond donors (Lipinski definition) is 4. The monoisotopic (exact) mass is 280 g/mol. The van der Waals surface area contributed by atoms with E-state index in [1.165, 1.54) is 12.1 Å². The van der Waals surface area contributed by atoms with Crippen LogP contribution in [0.3, 0.4) is 0 Å². The number of phenols is 2. The van der Waals surface area contributed by atoms with Gasteiger partial charge in [-0.05, 0) is 36.0 Å². The van der Waals surface area contributed by atoms with Crippen LogP contribution in [0.4, 0.5) is 0 Å². The Hall–Kier alpha value is -1.75. The highest BCUT2D eigenvalue weighted by molar-refractivity contribution is 5.81. The van der Waals surface area contributed by atoms with Gasteiger partial charge >= 0.3 is 0 Å². The minimum atomic E-state index is -0.674. The minimum Gasteiger partial charge on any atom is -0.504 e. The molecule has 1 aromatic carbocycles. The molecule has 0 aliphatic rings. The fraction of sp³-hybridized carbons (Fsp3) is 0.533. The van der Waals surface area contributed by atoms with Crippen LogP contribution >= 0.6 is 0 Å². The van der Waals surface area contributed by atoms with E-state index in [1.807, 2.05) is 0 Å². The van der Waals surface area contributed by atoms with Crippen LogP contribution in [-0.4, -0.2) is 28.7 Å². The predicted octanol–water partition coefficient (Wildman–Crippen LogP) is 1.52. The Bertz CT molecular complexity index is 472. The number of rotatable bonds is 6. The average molecular weight is 280 g/mol. The second-order valence-electron chi connectivity index (χ2n) is 5.87. The summed E-state index contributed by atoms with van der Waals surface area (Å²) in [6.07, 6.45) is 1.28. The largest absolute Gasteiger partial charge is 0.504 e. The van der Waals surface area contributed by atoms with Gasteiger partial charge in [0.15, 0.2) is 11.5 Å². The van der Waals surface area contributed by atoms with Gasteiger partial charge in [-0.25, -0.2) is 0 Å². The first-order valence-electron chi connectivity index (χ1n) is 6.79. The fourth-order valence-corrected chi connectivity index (χ4v) is 1.63. The Morgan fingerprint density at radius 1 is 1.35 bits per heavy atom. The molecule has 0 aliphatic heterocycles. The van der Waals surface area contributed by atoms with E-state index >= 15 is 0 Å². The number of carbonyl (C=O) groups excluding carboxylic acids is 1. The number of phenolic OH excluding ortho intramolecular Hbond substituents is 2. The molecular weight excluding hydrogens is 256 g/mol. The van der Waals surface area contributed by atoms with Crippen molar-refractivity contribution in [2.24, 2.45) is 11.1 Å². The van der Waals surface area contributed by atoms with E-state index < -0.39 is 6.04 Å². The summed E-state index contributed by atoms with van der Waals surface area (Å²) < 4.78 is 0. The van der Waals surface area contributed by atoms with Gasteiger partial charge < -0.3 is 21.3 Å². The number of benzene rings is 1. The molecule has 20 heavy (non-hydrogen) atoms. The molecule has 1 aromatic rings. The van der Waals surface area contributed by atoms with Crippen molar-refractivity contribution in [3.63, 3.8) is 0 Å². The van der Waals surface area contributed by atoms with Crippen molar-refractivity contribution >= 4 is 5.91 Å². The van der Waals surface area contributed by atoms with Crippen molar-refractivity contribution in [1.29, 1.82) is 0 Å². The second kappa shape index (κ2) is 6.61. The highest BCUT2D eigenvalue weighted by Gasteiger charge is 2.19. The Labute approximate surface area is 119 Å². The average Bonchev–Trinajstić information content (AvgIpc) is 2.40. The van der Waals surface area contributed by atoms with Crippen molar-refractivity contribution in [2.45, 2.75) is 39.7 Å². The third-order valence-electron chi connectivity index (χ3n) is 3.53. The lowest BCUT2D eigenvalue weighted by molar-refractivity contribution is -0.122. The van der Waals surface area contributed by atoms with E-state index in [2.05, 4.69) is 26.1 Å². The van der Waals surface area contributed by atoms with Crippen LogP contribution < -0.4 is 11.1 Å². The van der Waals surface area contributed by atoms with Gasteiger partial charge in [-0.1, -0.05) is 26.8 Å². The van der Waals surface area contributed by atoms with Crippen LogP contribution in [0.2, 0.25) is 0 Å².